The number of carbonyl (C=O) groups is 1. The molecule has 1 aliphatic carbocycles. The molecule has 5 nitrogen and oxygen atoms in total. The molecule has 6 rings (SSSR count). The van der Waals surface area contributed by atoms with Gasteiger partial charge in [0.1, 0.15) is 16.9 Å². The molecule has 0 bridgehead atoms. The monoisotopic (exact) mass is 458 g/mol. The van der Waals surface area contributed by atoms with E-state index in [0.717, 1.165) is 46.0 Å². The van der Waals surface area contributed by atoms with E-state index >= 15 is 0 Å². The lowest BCUT2D eigenvalue weighted by Gasteiger charge is -2.28. The molecule has 4 aromatic rings. The Hall–Kier alpha value is -3.25. The minimum Gasteiger partial charge on any atom is -0.456 e. The third kappa shape index (κ3) is 4.23. The number of aromatic nitrogens is 1. The fourth-order valence-corrected chi connectivity index (χ4v) is 5.05. The third-order valence-electron chi connectivity index (χ3n) is 6.34. The maximum atomic E-state index is 12.6. The molecular weight excluding hydrogens is 432 g/mol. The summed E-state index contributed by atoms with van der Waals surface area (Å²) >= 11 is 1.89. The molecule has 6 heteroatoms. The van der Waals surface area contributed by atoms with Crippen molar-refractivity contribution >= 4 is 39.5 Å². The standard InChI is InChI=1S/C23H20N2O3.C4H6S/c1-24-22(26)17-11-15-9-10-16(13-6-4-7-13)20(21(15)25-23(17)27)19-12-14-5-2-3-8-18(14)28-19;1-2-4-5-3-1/h2-3,5,8-13H,4,6-7H2,1H3,(H,24,26)(H,25,27);1,3H,2,4H2. The van der Waals surface area contributed by atoms with Crippen molar-refractivity contribution in [2.75, 3.05) is 12.8 Å². The molecule has 0 unspecified atom stereocenters. The number of para-hydroxylation sites is 1. The lowest BCUT2D eigenvalue weighted by molar-refractivity contribution is 0.0962. The number of hydrogen-bond donors (Lipinski definition) is 2. The molecule has 0 radical (unpaired) electrons. The van der Waals surface area contributed by atoms with Crippen molar-refractivity contribution in [3.05, 3.63) is 81.5 Å². The van der Waals surface area contributed by atoms with E-state index < -0.39 is 11.5 Å². The van der Waals surface area contributed by atoms with Gasteiger partial charge in [-0.05, 0) is 59.7 Å². The molecule has 3 heterocycles. The highest BCUT2D eigenvalue weighted by atomic mass is 32.2. The predicted molar refractivity (Wildman–Crippen MR) is 136 cm³/mol. The van der Waals surface area contributed by atoms with Crippen LogP contribution in [0.1, 0.15) is 47.5 Å². The summed E-state index contributed by atoms with van der Waals surface area (Å²) in [6.07, 6.45) is 6.97. The summed E-state index contributed by atoms with van der Waals surface area (Å²) < 4.78 is 6.16. The molecule has 1 saturated carbocycles. The highest BCUT2D eigenvalue weighted by Gasteiger charge is 2.26. The SMILES string of the molecule is C1=CSCC1.CNC(=O)c1cc2ccc(C3CCC3)c(-c3cc4ccccc4o3)c2[nH]c1=O. The summed E-state index contributed by atoms with van der Waals surface area (Å²) in [6, 6.07) is 15.7. The maximum absolute atomic E-state index is 12.6. The van der Waals surface area contributed by atoms with Gasteiger partial charge in [0.05, 0.1) is 5.52 Å². The molecule has 2 aromatic carbocycles. The van der Waals surface area contributed by atoms with E-state index in [1.807, 2.05) is 48.2 Å². The van der Waals surface area contributed by atoms with Gasteiger partial charge in [0.25, 0.3) is 11.5 Å². The normalized spacial score (nSPS) is 15.3. The van der Waals surface area contributed by atoms with E-state index in [0.29, 0.717) is 5.92 Å². The second-order valence-electron chi connectivity index (χ2n) is 8.39. The van der Waals surface area contributed by atoms with Crippen LogP contribution in [0.2, 0.25) is 0 Å². The smallest absolute Gasteiger partial charge is 0.261 e. The molecule has 2 aliphatic rings. The number of thioether (sulfide) groups is 1. The first-order chi connectivity index (χ1) is 16.2. The first kappa shape index (κ1) is 21.6. The van der Waals surface area contributed by atoms with Crippen LogP contribution in [-0.4, -0.2) is 23.7 Å². The van der Waals surface area contributed by atoms with Gasteiger partial charge in [-0.15, -0.1) is 11.8 Å². The van der Waals surface area contributed by atoms with Crippen LogP contribution in [0.25, 0.3) is 33.2 Å². The van der Waals surface area contributed by atoms with Crippen LogP contribution in [0.4, 0.5) is 0 Å². The Morgan fingerprint density at radius 3 is 2.61 bits per heavy atom. The number of pyridine rings is 1. The number of furan rings is 1. The molecule has 1 fully saturated rings. The van der Waals surface area contributed by atoms with Crippen LogP contribution in [-0.2, 0) is 0 Å². The fraction of sp³-hybridized carbons (Fsp3) is 0.259. The van der Waals surface area contributed by atoms with Crippen molar-refractivity contribution in [1.29, 1.82) is 0 Å². The molecule has 168 valence electrons. The number of carbonyl (C=O) groups excluding carboxylic acids is 1. The fourth-order valence-electron chi connectivity index (χ4n) is 4.37. The van der Waals surface area contributed by atoms with Crippen molar-refractivity contribution < 1.29 is 9.21 Å². The number of fused-ring (bicyclic) bond motifs is 2. The van der Waals surface area contributed by atoms with E-state index in [4.69, 9.17) is 4.42 Å². The van der Waals surface area contributed by atoms with Gasteiger partial charge in [-0.1, -0.05) is 42.8 Å². The largest absolute Gasteiger partial charge is 0.456 e. The summed E-state index contributed by atoms with van der Waals surface area (Å²) in [4.78, 5) is 27.6. The number of aromatic amines is 1. The van der Waals surface area contributed by atoms with Gasteiger partial charge >= 0.3 is 0 Å². The van der Waals surface area contributed by atoms with Crippen molar-refractivity contribution in [1.82, 2.24) is 10.3 Å². The summed E-state index contributed by atoms with van der Waals surface area (Å²) in [5.74, 6) is 2.13. The minimum absolute atomic E-state index is 0.113. The average molecular weight is 459 g/mol. The van der Waals surface area contributed by atoms with Gasteiger partial charge in [0, 0.05) is 23.8 Å². The molecule has 2 aromatic heterocycles. The third-order valence-corrected chi connectivity index (χ3v) is 7.19. The van der Waals surface area contributed by atoms with E-state index in [1.165, 1.54) is 31.2 Å². The van der Waals surface area contributed by atoms with Crippen LogP contribution >= 0.6 is 11.8 Å². The highest BCUT2D eigenvalue weighted by molar-refractivity contribution is 8.02. The first-order valence-electron chi connectivity index (χ1n) is 11.3. The van der Waals surface area contributed by atoms with E-state index in [2.05, 4.69) is 27.9 Å². The summed E-state index contributed by atoms with van der Waals surface area (Å²) in [5, 5.41) is 6.52. The van der Waals surface area contributed by atoms with Crippen LogP contribution in [0.3, 0.4) is 0 Å². The number of rotatable bonds is 3. The van der Waals surface area contributed by atoms with Crippen molar-refractivity contribution in [2.24, 2.45) is 0 Å². The quantitative estimate of drug-likeness (QED) is 0.383. The van der Waals surface area contributed by atoms with Crippen molar-refractivity contribution in [3.8, 4) is 11.3 Å². The van der Waals surface area contributed by atoms with Crippen LogP contribution in [0.15, 0.2) is 69.2 Å². The number of hydrogen-bond acceptors (Lipinski definition) is 4. The van der Waals surface area contributed by atoms with Gasteiger partial charge in [-0.25, -0.2) is 0 Å². The molecule has 2 N–H and O–H groups in total. The van der Waals surface area contributed by atoms with Gasteiger partial charge in [0.15, 0.2) is 0 Å². The highest BCUT2D eigenvalue weighted by Crippen LogP contribution is 2.44. The van der Waals surface area contributed by atoms with Gasteiger partial charge < -0.3 is 14.7 Å². The Morgan fingerprint density at radius 1 is 1.12 bits per heavy atom. The number of H-pyrrole nitrogens is 1. The Morgan fingerprint density at radius 2 is 1.97 bits per heavy atom. The zero-order valence-corrected chi connectivity index (χ0v) is 19.3. The molecule has 0 atom stereocenters. The van der Waals surface area contributed by atoms with E-state index in [-0.39, 0.29) is 5.56 Å². The predicted octanol–water partition coefficient (Wildman–Crippen LogP) is 6.21. The molecule has 1 aliphatic heterocycles. The van der Waals surface area contributed by atoms with Gasteiger partial charge in [-0.2, -0.15) is 0 Å². The Labute approximate surface area is 196 Å². The summed E-state index contributed by atoms with van der Waals surface area (Å²) in [5.41, 5.74) is 3.39. The topological polar surface area (TPSA) is 75.1 Å². The molecule has 33 heavy (non-hydrogen) atoms. The molecule has 0 saturated heterocycles. The van der Waals surface area contributed by atoms with Gasteiger partial charge in [0.2, 0.25) is 0 Å². The summed E-state index contributed by atoms with van der Waals surface area (Å²) in [7, 11) is 1.52. The number of allylic oxidation sites excluding steroid dienone is 1. The van der Waals surface area contributed by atoms with Crippen molar-refractivity contribution in [3.63, 3.8) is 0 Å². The average Bonchev–Trinajstić information content (AvgIpc) is 3.50. The Balaban J connectivity index is 0.000000406. The number of nitrogens with one attached hydrogen (secondary N) is 2. The van der Waals surface area contributed by atoms with Crippen molar-refractivity contribution in [2.45, 2.75) is 31.6 Å². The summed E-state index contributed by atoms with van der Waals surface area (Å²) in [6.45, 7) is 0. The molecule has 1 amide bonds. The lowest BCUT2D eigenvalue weighted by Crippen LogP contribution is -2.26. The first-order valence-corrected chi connectivity index (χ1v) is 12.4. The maximum Gasteiger partial charge on any atom is 0.261 e. The second-order valence-corrected chi connectivity index (χ2v) is 9.41. The lowest BCUT2D eigenvalue weighted by atomic mass is 9.77. The van der Waals surface area contributed by atoms with Crippen LogP contribution in [0, 0.1) is 0 Å². The van der Waals surface area contributed by atoms with Crippen LogP contribution < -0.4 is 10.9 Å². The van der Waals surface area contributed by atoms with Gasteiger partial charge in [-0.3, -0.25) is 9.59 Å². The molecular formula is C27H26N2O3S. The zero-order chi connectivity index (χ0) is 22.8. The van der Waals surface area contributed by atoms with Crippen LogP contribution in [0.5, 0.6) is 0 Å². The molecule has 0 spiro atoms. The number of benzene rings is 2. The number of amides is 1. The van der Waals surface area contributed by atoms with E-state index in [1.54, 1.807) is 6.07 Å². The zero-order valence-electron chi connectivity index (χ0n) is 18.5. The second kappa shape index (κ2) is 9.32. The Bertz CT molecular complexity index is 1370. The van der Waals surface area contributed by atoms with E-state index in [9.17, 15) is 9.59 Å². The minimum atomic E-state index is -0.394. The Kier molecular flexibility index (Phi) is 6.09.